The van der Waals surface area contributed by atoms with Crippen molar-refractivity contribution in [2.45, 2.75) is 38.2 Å². The Bertz CT molecular complexity index is 462. The molecule has 3 N–H and O–H groups in total. The number of rotatable bonds is 5. The van der Waals surface area contributed by atoms with Crippen molar-refractivity contribution in [1.82, 2.24) is 0 Å². The van der Waals surface area contributed by atoms with Crippen LogP contribution in [0.25, 0.3) is 0 Å². The molecule has 1 aliphatic rings. The predicted molar refractivity (Wildman–Crippen MR) is 86.1 cm³/mol. The summed E-state index contributed by atoms with van der Waals surface area (Å²) in [7, 11) is 1.56. The normalized spacial score (nSPS) is 17.7. The van der Waals surface area contributed by atoms with E-state index in [4.69, 9.17) is 15.2 Å². The van der Waals surface area contributed by atoms with E-state index in [0.29, 0.717) is 23.5 Å². The van der Waals surface area contributed by atoms with Crippen molar-refractivity contribution in [2.24, 2.45) is 0 Å². The lowest BCUT2D eigenvalue weighted by Crippen LogP contribution is -2.21. The highest BCUT2D eigenvalue weighted by Crippen LogP contribution is 2.25. The van der Waals surface area contributed by atoms with Gasteiger partial charge in [0.25, 0.3) is 0 Å². The standard InChI is InChI=1S/C15H22N2O3.ClH/c1-19-14-7-5-11(10-13(14)16)17-15(18)8-6-12-4-2-3-9-20-12;/h5,7,10,12H,2-4,6,8-9,16H2,1H3,(H,17,18);1H. The second-order valence-electron chi connectivity index (χ2n) is 5.03. The van der Waals surface area contributed by atoms with Crippen LogP contribution >= 0.6 is 12.4 Å². The van der Waals surface area contributed by atoms with E-state index in [1.54, 1.807) is 25.3 Å². The summed E-state index contributed by atoms with van der Waals surface area (Å²) in [4.78, 5) is 11.9. The molecule has 21 heavy (non-hydrogen) atoms. The Kier molecular flexibility index (Phi) is 7.32. The molecule has 118 valence electrons. The molecule has 1 aromatic carbocycles. The fourth-order valence-corrected chi connectivity index (χ4v) is 2.36. The summed E-state index contributed by atoms with van der Waals surface area (Å²) in [5.74, 6) is 0.599. The van der Waals surface area contributed by atoms with Crippen LogP contribution < -0.4 is 15.8 Å². The fourth-order valence-electron chi connectivity index (χ4n) is 2.36. The van der Waals surface area contributed by atoms with Crippen LogP contribution in [0.3, 0.4) is 0 Å². The van der Waals surface area contributed by atoms with Gasteiger partial charge in [-0.15, -0.1) is 12.4 Å². The number of halogens is 1. The van der Waals surface area contributed by atoms with E-state index in [9.17, 15) is 4.79 Å². The number of amides is 1. The molecule has 0 aromatic heterocycles. The number of nitrogens with one attached hydrogen (secondary N) is 1. The summed E-state index contributed by atoms with van der Waals surface area (Å²) < 4.78 is 10.7. The minimum atomic E-state index is -0.0104. The average Bonchev–Trinajstić information content (AvgIpc) is 2.46. The molecule has 0 radical (unpaired) electrons. The number of hydrogen-bond acceptors (Lipinski definition) is 4. The highest BCUT2D eigenvalue weighted by atomic mass is 35.5. The van der Waals surface area contributed by atoms with Crippen molar-refractivity contribution in [2.75, 3.05) is 24.8 Å². The van der Waals surface area contributed by atoms with E-state index >= 15 is 0 Å². The van der Waals surface area contributed by atoms with Gasteiger partial charge in [0.05, 0.1) is 18.9 Å². The van der Waals surface area contributed by atoms with Gasteiger partial charge in [-0.25, -0.2) is 0 Å². The summed E-state index contributed by atoms with van der Waals surface area (Å²) in [6.07, 6.45) is 4.86. The maximum absolute atomic E-state index is 11.9. The molecule has 1 aliphatic heterocycles. The van der Waals surface area contributed by atoms with Crippen LogP contribution in [0.2, 0.25) is 0 Å². The number of carbonyl (C=O) groups is 1. The number of hydrogen-bond donors (Lipinski definition) is 2. The molecule has 6 heteroatoms. The molecule has 5 nitrogen and oxygen atoms in total. The summed E-state index contributed by atoms with van der Waals surface area (Å²) >= 11 is 0. The molecule has 2 rings (SSSR count). The Hall–Kier alpha value is -1.46. The molecule has 1 fully saturated rings. The zero-order valence-electron chi connectivity index (χ0n) is 12.3. The topological polar surface area (TPSA) is 73.6 Å². The van der Waals surface area contributed by atoms with Crippen molar-refractivity contribution < 1.29 is 14.3 Å². The van der Waals surface area contributed by atoms with Crippen LogP contribution in [0.1, 0.15) is 32.1 Å². The smallest absolute Gasteiger partial charge is 0.224 e. The summed E-state index contributed by atoms with van der Waals surface area (Å²) in [5, 5.41) is 2.84. The lowest BCUT2D eigenvalue weighted by molar-refractivity contribution is -0.117. The Morgan fingerprint density at radius 1 is 1.48 bits per heavy atom. The first-order valence-electron chi connectivity index (χ1n) is 7.04. The van der Waals surface area contributed by atoms with E-state index in [1.165, 1.54) is 6.42 Å². The van der Waals surface area contributed by atoms with Crippen LogP contribution in [0.4, 0.5) is 11.4 Å². The number of methoxy groups -OCH3 is 1. The number of anilines is 2. The third-order valence-electron chi connectivity index (χ3n) is 3.48. The lowest BCUT2D eigenvalue weighted by Gasteiger charge is -2.22. The molecule has 1 saturated heterocycles. The quantitative estimate of drug-likeness (QED) is 0.819. The summed E-state index contributed by atoms with van der Waals surface area (Å²) in [6, 6.07) is 5.23. The van der Waals surface area contributed by atoms with Crippen molar-refractivity contribution in [3.05, 3.63) is 18.2 Å². The molecule has 1 amide bonds. The van der Waals surface area contributed by atoms with Crippen molar-refractivity contribution in [3.8, 4) is 5.75 Å². The largest absolute Gasteiger partial charge is 0.495 e. The van der Waals surface area contributed by atoms with Gasteiger partial charge in [0.1, 0.15) is 5.75 Å². The van der Waals surface area contributed by atoms with E-state index < -0.39 is 0 Å². The molecule has 1 aromatic rings. The third-order valence-corrected chi connectivity index (χ3v) is 3.48. The van der Waals surface area contributed by atoms with Crippen molar-refractivity contribution >= 4 is 29.7 Å². The molecule has 0 spiro atoms. The first-order chi connectivity index (χ1) is 9.69. The molecule has 0 bridgehead atoms. The zero-order valence-corrected chi connectivity index (χ0v) is 13.1. The maximum atomic E-state index is 11.9. The van der Waals surface area contributed by atoms with Gasteiger partial charge in [-0.1, -0.05) is 0 Å². The molecule has 0 aliphatic carbocycles. The van der Waals surface area contributed by atoms with Gasteiger partial charge in [-0.2, -0.15) is 0 Å². The van der Waals surface area contributed by atoms with E-state index in [2.05, 4.69) is 5.32 Å². The Morgan fingerprint density at radius 2 is 2.29 bits per heavy atom. The van der Waals surface area contributed by atoms with E-state index in [0.717, 1.165) is 25.9 Å². The van der Waals surface area contributed by atoms with Crippen LogP contribution in [0.5, 0.6) is 5.75 Å². The Labute approximate surface area is 131 Å². The molecular weight excluding hydrogens is 292 g/mol. The molecule has 1 unspecified atom stereocenters. The van der Waals surface area contributed by atoms with Crippen LogP contribution in [0.15, 0.2) is 18.2 Å². The second kappa shape index (κ2) is 8.74. The predicted octanol–water partition coefficient (Wildman–Crippen LogP) is 2.99. The van der Waals surface area contributed by atoms with Gasteiger partial charge in [0.15, 0.2) is 0 Å². The van der Waals surface area contributed by atoms with Gasteiger partial charge in [-0.3, -0.25) is 4.79 Å². The monoisotopic (exact) mass is 314 g/mol. The van der Waals surface area contributed by atoms with Crippen LogP contribution in [-0.2, 0) is 9.53 Å². The molecule has 1 heterocycles. The summed E-state index contributed by atoms with van der Waals surface area (Å²) in [6.45, 7) is 0.821. The highest BCUT2D eigenvalue weighted by molar-refractivity contribution is 5.91. The zero-order chi connectivity index (χ0) is 14.4. The molecular formula is C15H23ClN2O3. The third kappa shape index (κ3) is 5.44. The fraction of sp³-hybridized carbons (Fsp3) is 0.533. The Morgan fingerprint density at radius 3 is 2.90 bits per heavy atom. The number of nitrogens with two attached hydrogens (primary N) is 1. The maximum Gasteiger partial charge on any atom is 0.224 e. The minimum Gasteiger partial charge on any atom is -0.495 e. The molecule has 0 saturated carbocycles. The average molecular weight is 315 g/mol. The Balaban J connectivity index is 0.00000220. The SMILES string of the molecule is COc1ccc(NC(=O)CCC2CCCCO2)cc1N.Cl. The van der Waals surface area contributed by atoms with Gasteiger partial charge < -0.3 is 20.5 Å². The van der Waals surface area contributed by atoms with Gasteiger partial charge in [0.2, 0.25) is 5.91 Å². The number of ether oxygens (including phenoxy) is 2. The van der Waals surface area contributed by atoms with Gasteiger partial charge in [-0.05, 0) is 43.9 Å². The van der Waals surface area contributed by atoms with Crippen molar-refractivity contribution in [3.63, 3.8) is 0 Å². The lowest BCUT2D eigenvalue weighted by atomic mass is 10.0. The minimum absolute atomic E-state index is 0. The van der Waals surface area contributed by atoms with Gasteiger partial charge >= 0.3 is 0 Å². The van der Waals surface area contributed by atoms with Crippen LogP contribution in [0, 0.1) is 0 Å². The highest BCUT2D eigenvalue weighted by Gasteiger charge is 2.15. The number of nitrogen functional groups attached to an aromatic ring is 1. The van der Waals surface area contributed by atoms with Crippen molar-refractivity contribution in [1.29, 1.82) is 0 Å². The van der Waals surface area contributed by atoms with Gasteiger partial charge in [0, 0.05) is 18.7 Å². The first kappa shape index (κ1) is 17.6. The van der Waals surface area contributed by atoms with E-state index in [-0.39, 0.29) is 24.4 Å². The number of carbonyl (C=O) groups excluding carboxylic acids is 1. The molecule has 1 atom stereocenters. The summed E-state index contributed by atoms with van der Waals surface area (Å²) in [5.41, 5.74) is 7.01. The second-order valence-corrected chi connectivity index (χ2v) is 5.03. The van der Waals surface area contributed by atoms with E-state index in [1.807, 2.05) is 0 Å². The van der Waals surface area contributed by atoms with Crippen LogP contribution in [-0.4, -0.2) is 25.7 Å². The first-order valence-corrected chi connectivity index (χ1v) is 7.04. The number of benzene rings is 1.